The van der Waals surface area contributed by atoms with E-state index >= 15 is 0 Å². The molecule has 0 radical (unpaired) electrons. The molecule has 0 atom stereocenters. The van der Waals surface area contributed by atoms with E-state index in [1.165, 1.54) is 100 Å². The van der Waals surface area contributed by atoms with Gasteiger partial charge < -0.3 is 4.90 Å². The molecule has 0 heterocycles. The molecule has 0 saturated heterocycles. The Labute approximate surface area is 400 Å². The van der Waals surface area contributed by atoms with E-state index in [1.54, 1.807) is 0 Å². The first kappa shape index (κ1) is 40.3. The molecule has 0 N–H and O–H groups in total. The number of rotatable bonds is 6. The van der Waals surface area contributed by atoms with Gasteiger partial charge in [-0.15, -0.1) is 0 Å². The molecular formula is C67H51N. The highest BCUT2D eigenvalue weighted by Crippen LogP contribution is 2.62. The van der Waals surface area contributed by atoms with E-state index < -0.39 is 5.41 Å². The summed E-state index contributed by atoms with van der Waals surface area (Å²) in [6, 6.07) is 88.5. The molecular weight excluding hydrogens is 819 g/mol. The highest BCUT2D eigenvalue weighted by Gasteiger charge is 2.53. The average Bonchev–Trinajstić information content (AvgIpc) is 3.81. The van der Waals surface area contributed by atoms with E-state index in [9.17, 15) is 0 Å². The number of anilines is 3. The Morgan fingerprint density at radius 2 is 0.603 bits per heavy atom. The number of fused-ring (bicyclic) bond motifs is 12. The third kappa shape index (κ3) is 5.82. The summed E-state index contributed by atoms with van der Waals surface area (Å²) in [6.07, 6.45) is 0. The molecule has 1 nitrogen and oxygen atoms in total. The Bertz CT molecular complexity index is 3460. The molecule has 0 aliphatic heterocycles. The van der Waals surface area contributed by atoms with Gasteiger partial charge in [0.2, 0.25) is 0 Å². The lowest BCUT2D eigenvalue weighted by molar-refractivity contribution is 0.563. The molecule has 0 aromatic heterocycles. The lowest BCUT2D eigenvalue weighted by Crippen LogP contribution is -2.40. The highest BCUT2D eigenvalue weighted by molar-refractivity contribution is 5.92. The first-order chi connectivity index (χ1) is 33.2. The van der Waals surface area contributed by atoms with Crippen molar-refractivity contribution in [2.45, 2.75) is 43.9 Å². The van der Waals surface area contributed by atoms with Gasteiger partial charge in [0.1, 0.15) is 0 Å². The zero-order valence-corrected chi connectivity index (χ0v) is 39.0. The van der Waals surface area contributed by atoms with Crippen LogP contribution in [0.5, 0.6) is 0 Å². The van der Waals surface area contributed by atoms with Gasteiger partial charge in [-0.2, -0.15) is 0 Å². The second kappa shape index (κ2) is 15.0. The zero-order valence-electron chi connectivity index (χ0n) is 39.0. The van der Waals surface area contributed by atoms with Crippen LogP contribution in [0.4, 0.5) is 17.1 Å². The molecule has 0 bridgehead atoms. The quantitative estimate of drug-likeness (QED) is 0.161. The number of hydrogen-bond donors (Lipinski definition) is 0. The van der Waals surface area contributed by atoms with E-state index in [-0.39, 0.29) is 10.8 Å². The smallest absolute Gasteiger partial charge is 0.0719 e. The fourth-order valence-electron chi connectivity index (χ4n) is 12.4. The predicted octanol–water partition coefficient (Wildman–Crippen LogP) is 17.5. The lowest BCUT2D eigenvalue weighted by atomic mass is 9.55. The first-order valence-electron chi connectivity index (χ1n) is 24.1. The normalized spacial score (nSPS) is 14.8. The van der Waals surface area contributed by atoms with Crippen molar-refractivity contribution in [1.29, 1.82) is 0 Å². The van der Waals surface area contributed by atoms with E-state index in [0.717, 1.165) is 17.1 Å². The minimum absolute atomic E-state index is 0.119. The molecule has 68 heavy (non-hydrogen) atoms. The van der Waals surface area contributed by atoms with Gasteiger partial charge in [0.25, 0.3) is 0 Å². The molecule has 3 aliphatic rings. The third-order valence-electron chi connectivity index (χ3n) is 15.8. The van der Waals surface area contributed by atoms with Crippen molar-refractivity contribution in [2.75, 3.05) is 4.90 Å². The van der Waals surface area contributed by atoms with Crippen LogP contribution in [0.3, 0.4) is 0 Å². The van der Waals surface area contributed by atoms with Crippen LogP contribution in [0.1, 0.15) is 72.2 Å². The standard InChI is InChI=1S/C67H51N/c1-65(2)59-23-13-15-25-61(59)67(62-26-16-14-24-60(62)65)57-22-12-11-21-53(57)56-41-48(32-40-58(56)67)49-31-38-54-55-39-37-52(43-64(55)66(3,4)63(54)42-49)68(50-33-27-46(28-34-50)44-17-7-5-8-18-44)51-35-29-47(30-36-51)45-19-9-6-10-20-45/h5-43H,1-4H3. The van der Waals surface area contributed by atoms with Gasteiger partial charge in [0.05, 0.1) is 5.41 Å². The van der Waals surface area contributed by atoms with Crippen LogP contribution in [0, 0.1) is 0 Å². The van der Waals surface area contributed by atoms with E-state index in [0.29, 0.717) is 0 Å². The molecule has 0 unspecified atom stereocenters. The maximum absolute atomic E-state index is 2.48. The van der Waals surface area contributed by atoms with Crippen LogP contribution in [0.2, 0.25) is 0 Å². The SMILES string of the molecule is CC1(C)c2cc(-c3ccc4c(c3)-c3ccccc3C43c4ccccc4C(C)(C)c4ccccc43)ccc2-c2ccc(N(c3ccc(-c4ccccc4)cc3)c3ccc(-c4ccccc4)cc3)cc21. The Kier molecular flexibility index (Phi) is 8.89. The monoisotopic (exact) mass is 869 g/mol. The summed E-state index contributed by atoms with van der Waals surface area (Å²) in [5.41, 5.74) is 26.3. The Morgan fingerprint density at radius 1 is 0.235 bits per heavy atom. The molecule has 1 spiro atoms. The molecule has 324 valence electrons. The molecule has 0 fully saturated rings. The van der Waals surface area contributed by atoms with Gasteiger partial charge in [0.15, 0.2) is 0 Å². The van der Waals surface area contributed by atoms with Gasteiger partial charge in [-0.1, -0.05) is 216 Å². The average molecular weight is 870 g/mol. The van der Waals surface area contributed by atoms with Crippen molar-refractivity contribution in [3.8, 4) is 55.6 Å². The van der Waals surface area contributed by atoms with Crippen molar-refractivity contribution >= 4 is 17.1 Å². The molecule has 3 aliphatic carbocycles. The van der Waals surface area contributed by atoms with Crippen molar-refractivity contribution in [3.05, 3.63) is 281 Å². The lowest BCUT2D eigenvalue weighted by Gasteiger charge is -2.46. The van der Waals surface area contributed by atoms with E-state index in [2.05, 4.69) is 269 Å². The molecule has 13 rings (SSSR count). The van der Waals surface area contributed by atoms with Crippen molar-refractivity contribution in [3.63, 3.8) is 0 Å². The number of benzene rings is 10. The van der Waals surface area contributed by atoms with Crippen LogP contribution in [-0.2, 0) is 16.2 Å². The van der Waals surface area contributed by atoms with E-state index in [4.69, 9.17) is 0 Å². The summed E-state index contributed by atoms with van der Waals surface area (Å²) in [7, 11) is 0. The summed E-state index contributed by atoms with van der Waals surface area (Å²) in [4.78, 5) is 2.41. The minimum atomic E-state index is -0.395. The summed E-state index contributed by atoms with van der Waals surface area (Å²) in [5.74, 6) is 0. The molecule has 0 saturated carbocycles. The molecule has 10 aromatic carbocycles. The first-order valence-corrected chi connectivity index (χ1v) is 24.1. The zero-order chi connectivity index (χ0) is 45.8. The fourth-order valence-corrected chi connectivity index (χ4v) is 12.4. The second-order valence-electron chi connectivity index (χ2n) is 20.0. The molecule has 1 heteroatoms. The predicted molar refractivity (Wildman–Crippen MR) is 284 cm³/mol. The Hall–Kier alpha value is -8.00. The van der Waals surface area contributed by atoms with Crippen LogP contribution in [-0.4, -0.2) is 0 Å². The van der Waals surface area contributed by atoms with Gasteiger partial charge in [0, 0.05) is 27.9 Å². The van der Waals surface area contributed by atoms with Crippen LogP contribution in [0.25, 0.3) is 55.6 Å². The van der Waals surface area contributed by atoms with Crippen LogP contribution < -0.4 is 4.90 Å². The maximum Gasteiger partial charge on any atom is 0.0719 e. The van der Waals surface area contributed by atoms with Crippen molar-refractivity contribution in [2.24, 2.45) is 0 Å². The summed E-state index contributed by atoms with van der Waals surface area (Å²) >= 11 is 0. The van der Waals surface area contributed by atoms with Crippen molar-refractivity contribution in [1.82, 2.24) is 0 Å². The minimum Gasteiger partial charge on any atom is -0.310 e. The maximum atomic E-state index is 2.48. The van der Waals surface area contributed by atoms with Gasteiger partial charge in [-0.25, -0.2) is 0 Å². The van der Waals surface area contributed by atoms with Crippen molar-refractivity contribution < 1.29 is 0 Å². The van der Waals surface area contributed by atoms with Crippen LogP contribution >= 0.6 is 0 Å². The van der Waals surface area contributed by atoms with Crippen LogP contribution in [0.15, 0.2) is 237 Å². The van der Waals surface area contributed by atoms with Gasteiger partial charge >= 0.3 is 0 Å². The number of nitrogens with zero attached hydrogens (tertiary/aromatic N) is 1. The highest BCUT2D eigenvalue weighted by atomic mass is 15.1. The third-order valence-corrected chi connectivity index (χ3v) is 15.8. The van der Waals surface area contributed by atoms with E-state index in [1.807, 2.05) is 0 Å². The second-order valence-corrected chi connectivity index (χ2v) is 20.0. The largest absolute Gasteiger partial charge is 0.310 e. The Morgan fingerprint density at radius 3 is 1.18 bits per heavy atom. The fraction of sp³-hybridized carbons (Fsp3) is 0.104. The summed E-state index contributed by atoms with van der Waals surface area (Å²) in [5, 5.41) is 0. The Balaban J connectivity index is 0.899. The summed E-state index contributed by atoms with van der Waals surface area (Å²) in [6.45, 7) is 9.59. The number of hydrogen-bond acceptors (Lipinski definition) is 1. The summed E-state index contributed by atoms with van der Waals surface area (Å²) < 4.78 is 0. The van der Waals surface area contributed by atoms with Gasteiger partial charge in [-0.3, -0.25) is 0 Å². The van der Waals surface area contributed by atoms with Gasteiger partial charge in [-0.05, 0) is 149 Å². The molecule has 0 amide bonds. The topological polar surface area (TPSA) is 3.24 Å². The molecule has 10 aromatic rings.